The highest BCUT2D eigenvalue weighted by molar-refractivity contribution is 7.87. The molecule has 0 radical (unpaired) electrons. The van der Waals surface area contributed by atoms with Gasteiger partial charge in [-0.3, -0.25) is 0 Å². The van der Waals surface area contributed by atoms with Crippen LogP contribution >= 0.6 is 0 Å². The van der Waals surface area contributed by atoms with Crippen molar-refractivity contribution in [2.75, 3.05) is 19.6 Å². The van der Waals surface area contributed by atoms with Gasteiger partial charge in [0.05, 0.1) is 0 Å². The molecule has 0 rings (SSSR count). The molecule has 0 aromatic rings. The Morgan fingerprint density at radius 3 is 2.07 bits per heavy atom. The van der Waals surface area contributed by atoms with E-state index in [4.69, 9.17) is 0 Å². The lowest BCUT2D eigenvalue weighted by Crippen LogP contribution is -2.40. The molecule has 0 aliphatic carbocycles. The van der Waals surface area contributed by atoms with E-state index < -0.39 is 10.2 Å². The average molecular weight is 222 g/mol. The summed E-state index contributed by atoms with van der Waals surface area (Å²) >= 11 is 0. The van der Waals surface area contributed by atoms with Gasteiger partial charge in [-0.25, -0.2) is 4.72 Å². The van der Waals surface area contributed by atoms with Crippen LogP contribution in [0, 0.1) is 0 Å². The van der Waals surface area contributed by atoms with E-state index in [9.17, 15) is 8.42 Å². The van der Waals surface area contributed by atoms with E-state index in [0.717, 1.165) is 19.3 Å². The third kappa shape index (κ3) is 4.93. The Morgan fingerprint density at radius 2 is 1.64 bits per heavy atom. The standard InChI is InChI=1S/C9H22N2O2S/c1-4-7-8-9-10-14(12,13)11(5-2)6-3/h10H,4-9H2,1-3H3. The van der Waals surface area contributed by atoms with Gasteiger partial charge in [-0.2, -0.15) is 12.7 Å². The van der Waals surface area contributed by atoms with Gasteiger partial charge in [0.2, 0.25) is 0 Å². The summed E-state index contributed by atoms with van der Waals surface area (Å²) < 4.78 is 27.2. The molecule has 0 aliphatic rings. The van der Waals surface area contributed by atoms with Gasteiger partial charge >= 0.3 is 0 Å². The first kappa shape index (κ1) is 13.9. The Balaban J connectivity index is 3.94. The summed E-state index contributed by atoms with van der Waals surface area (Å²) in [6.45, 7) is 7.38. The zero-order chi connectivity index (χ0) is 11.0. The molecule has 0 spiro atoms. The third-order valence-electron chi connectivity index (χ3n) is 2.11. The molecule has 0 bridgehead atoms. The Hall–Kier alpha value is -0.130. The topological polar surface area (TPSA) is 49.4 Å². The number of nitrogens with zero attached hydrogens (tertiary/aromatic N) is 1. The first-order chi connectivity index (χ1) is 6.58. The smallest absolute Gasteiger partial charge is 0.202 e. The summed E-state index contributed by atoms with van der Waals surface area (Å²) in [5.41, 5.74) is 0. The van der Waals surface area contributed by atoms with Crippen LogP contribution in [0.25, 0.3) is 0 Å². The molecule has 0 unspecified atom stereocenters. The van der Waals surface area contributed by atoms with Crippen molar-refractivity contribution in [1.29, 1.82) is 0 Å². The van der Waals surface area contributed by atoms with Crippen LogP contribution in [0.1, 0.15) is 40.0 Å². The second-order valence-corrected chi connectivity index (χ2v) is 4.95. The van der Waals surface area contributed by atoms with Crippen molar-refractivity contribution >= 4 is 10.2 Å². The zero-order valence-corrected chi connectivity index (χ0v) is 10.2. The zero-order valence-electron chi connectivity index (χ0n) is 9.41. The summed E-state index contributed by atoms with van der Waals surface area (Å²) in [5, 5.41) is 0. The molecule has 0 aliphatic heterocycles. The van der Waals surface area contributed by atoms with Crippen LogP contribution in [0.15, 0.2) is 0 Å². The Bertz CT molecular complexity index is 223. The molecule has 5 heteroatoms. The summed E-state index contributed by atoms with van der Waals surface area (Å²) in [4.78, 5) is 0. The molecule has 86 valence electrons. The summed E-state index contributed by atoms with van der Waals surface area (Å²) in [6.07, 6.45) is 3.09. The van der Waals surface area contributed by atoms with Crippen molar-refractivity contribution in [1.82, 2.24) is 9.03 Å². The molecule has 0 saturated carbocycles. The summed E-state index contributed by atoms with van der Waals surface area (Å²) in [5.74, 6) is 0. The van der Waals surface area contributed by atoms with Crippen LogP contribution in [0.2, 0.25) is 0 Å². The Morgan fingerprint density at radius 1 is 1.07 bits per heavy atom. The number of hydrogen-bond donors (Lipinski definition) is 1. The minimum atomic E-state index is -3.22. The first-order valence-corrected chi connectivity index (χ1v) is 6.77. The lowest BCUT2D eigenvalue weighted by atomic mass is 10.3. The quantitative estimate of drug-likeness (QED) is 0.630. The lowest BCUT2D eigenvalue weighted by molar-refractivity contribution is 0.434. The summed E-state index contributed by atoms with van der Waals surface area (Å²) in [7, 11) is -3.22. The van der Waals surface area contributed by atoms with E-state index in [1.165, 1.54) is 4.31 Å². The van der Waals surface area contributed by atoms with Crippen LogP contribution in [-0.4, -0.2) is 32.4 Å². The van der Waals surface area contributed by atoms with Crippen LogP contribution in [0.3, 0.4) is 0 Å². The highest BCUT2D eigenvalue weighted by atomic mass is 32.2. The molecule has 0 heterocycles. The fourth-order valence-electron chi connectivity index (χ4n) is 1.23. The van der Waals surface area contributed by atoms with Gasteiger partial charge in [0, 0.05) is 19.6 Å². The normalized spacial score (nSPS) is 12.3. The number of unbranched alkanes of at least 4 members (excludes halogenated alkanes) is 2. The molecule has 0 atom stereocenters. The van der Waals surface area contributed by atoms with E-state index in [0.29, 0.717) is 19.6 Å². The molecular weight excluding hydrogens is 200 g/mol. The van der Waals surface area contributed by atoms with Gasteiger partial charge in [0.15, 0.2) is 0 Å². The fourth-order valence-corrected chi connectivity index (χ4v) is 2.50. The van der Waals surface area contributed by atoms with E-state index in [1.54, 1.807) is 0 Å². The maximum absolute atomic E-state index is 11.6. The van der Waals surface area contributed by atoms with Gasteiger partial charge < -0.3 is 0 Å². The van der Waals surface area contributed by atoms with Crippen LogP contribution in [0.5, 0.6) is 0 Å². The minimum absolute atomic E-state index is 0.527. The van der Waals surface area contributed by atoms with Gasteiger partial charge in [-0.05, 0) is 6.42 Å². The van der Waals surface area contributed by atoms with Gasteiger partial charge in [0.25, 0.3) is 10.2 Å². The van der Waals surface area contributed by atoms with Crippen molar-refractivity contribution < 1.29 is 8.42 Å². The van der Waals surface area contributed by atoms with E-state index in [1.807, 2.05) is 13.8 Å². The number of nitrogens with one attached hydrogen (secondary N) is 1. The SMILES string of the molecule is CCCCCNS(=O)(=O)N(CC)CC. The predicted octanol–water partition coefficient (Wildman–Crippen LogP) is 1.35. The van der Waals surface area contributed by atoms with Gasteiger partial charge in [-0.1, -0.05) is 33.6 Å². The predicted molar refractivity (Wildman–Crippen MR) is 59.4 cm³/mol. The van der Waals surface area contributed by atoms with Crippen molar-refractivity contribution in [2.24, 2.45) is 0 Å². The lowest BCUT2D eigenvalue weighted by Gasteiger charge is -2.18. The second kappa shape index (κ2) is 7.20. The van der Waals surface area contributed by atoms with E-state index in [2.05, 4.69) is 11.6 Å². The van der Waals surface area contributed by atoms with Crippen molar-refractivity contribution in [3.8, 4) is 0 Å². The Kier molecular flexibility index (Phi) is 7.13. The van der Waals surface area contributed by atoms with Crippen molar-refractivity contribution in [3.63, 3.8) is 0 Å². The van der Waals surface area contributed by atoms with Crippen LogP contribution < -0.4 is 4.72 Å². The molecular formula is C9H22N2O2S. The van der Waals surface area contributed by atoms with Crippen molar-refractivity contribution in [2.45, 2.75) is 40.0 Å². The van der Waals surface area contributed by atoms with Gasteiger partial charge in [0.1, 0.15) is 0 Å². The molecule has 0 amide bonds. The summed E-state index contributed by atoms with van der Waals surface area (Å²) in [6, 6.07) is 0. The molecule has 1 N–H and O–H groups in total. The van der Waals surface area contributed by atoms with Crippen LogP contribution in [-0.2, 0) is 10.2 Å². The number of hydrogen-bond acceptors (Lipinski definition) is 2. The minimum Gasteiger partial charge on any atom is -0.202 e. The highest BCUT2D eigenvalue weighted by Crippen LogP contribution is 1.98. The van der Waals surface area contributed by atoms with Crippen molar-refractivity contribution in [3.05, 3.63) is 0 Å². The second-order valence-electron chi connectivity index (χ2n) is 3.19. The third-order valence-corrected chi connectivity index (χ3v) is 3.88. The molecule has 4 nitrogen and oxygen atoms in total. The van der Waals surface area contributed by atoms with E-state index in [-0.39, 0.29) is 0 Å². The highest BCUT2D eigenvalue weighted by Gasteiger charge is 2.16. The van der Waals surface area contributed by atoms with Gasteiger partial charge in [-0.15, -0.1) is 0 Å². The maximum atomic E-state index is 11.6. The average Bonchev–Trinajstić information content (AvgIpc) is 2.14. The molecule has 14 heavy (non-hydrogen) atoms. The maximum Gasteiger partial charge on any atom is 0.279 e. The Labute approximate surface area is 87.9 Å². The molecule has 0 aromatic heterocycles. The molecule has 0 fully saturated rings. The fraction of sp³-hybridized carbons (Fsp3) is 1.00. The largest absolute Gasteiger partial charge is 0.279 e. The van der Waals surface area contributed by atoms with E-state index >= 15 is 0 Å². The monoisotopic (exact) mass is 222 g/mol. The number of rotatable bonds is 8. The van der Waals surface area contributed by atoms with Crippen LogP contribution in [0.4, 0.5) is 0 Å². The first-order valence-electron chi connectivity index (χ1n) is 5.33. The molecule has 0 saturated heterocycles. The molecule has 0 aromatic carbocycles.